The predicted octanol–water partition coefficient (Wildman–Crippen LogP) is 4.16. The summed E-state index contributed by atoms with van der Waals surface area (Å²) in [6, 6.07) is 4.39. The molecule has 0 heterocycles. The van der Waals surface area contributed by atoms with Crippen molar-refractivity contribution in [1.82, 2.24) is 5.32 Å². The molecule has 0 spiro atoms. The standard InChI is InChI=1S/C14H16BrClFNO/c15-8-9-3-1-4-10(7-9)18-14(19)13-11(16)5-2-6-12(13)17/h2,5-6,9-10H,1,3-4,7-8H2,(H,18,19). The Morgan fingerprint density at radius 3 is 2.95 bits per heavy atom. The fourth-order valence-corrected chi connectivity index (χ4v) is 3.37. The average molecular weight is 349 g/mol. The van der Waals surface area contributed by atoms with Gasteiger partial charge in [-0.3, -0.25) is 4.79 Å². The lowest BCUT2D eigenvalue weighted by Crippen LogP contribution is -2.39. The molecule has 19 heavy (non-hydrogen) atoms. The molecule has 2 nitrogen and oxygen atoms in total. The number of rotatable bonds is 3. The van der Waals surface area contributed by atoms with Gasteiger partial charge in [0.25, 0.3) is 5.91 Å². The molecule has 1 saturated carbocycles. The summed E-state index contributed by atoms with van der Waals surface area (Å²) in [4.78, 5) is 12.1. The second-order valence-electron chi connectivity index (χ2n) is 4.95. The summed E-state index contributed by atoms with van der Waals surface area (Å²) in [5.41, 5.74) is -0.0508. The van der Waals surface area contributed by atoms with E-state index in [9.17, 15) is 9.18 Å². The predicted molar refractivity (Wildman–Crippen MR) is 78.4 cm³/mol. The van der Waals surface area contributed by atoms with Crippen molar-refractivity contribution in [2.75, 3.05) is 5.33 Å². The van der Waals surface area contributed by atoms with Crippen LogP contribution in [0.5, 0.6) is 0 Å². The van der Waals surface area contributed by atoms with E-state index in [1.165, 1.54) is 24.6 Å². The number of carbonyl (C=O) groups excluding carboxylic acids is 1. The first-order chi connectivity index (χ1) is 9.11. The maximum atomic E-state index is 13.6. The average Bonchev–Trinajstić information content (AvgIpc) is 2.38. The highest BCUT2D eigenvalue weighted by Gasteiger charge is 2.24. The Hall–Kier alpha value is -0.610. The zero-order valence-electron chi connectivity index (χ0n) is 10.5. The lowest BCUT2D eigenvalue weighted by Gasteiger charge is -2.28. The van der Waals surface area contributed by atoms with E-state index < -0.39 is 11.7 Å². The molecule has 0 bridgehead atoms. The summed E-state index contributed by atoms with van der Waals surface area (Å²) >= 11 is 9.37. The second kappa shape index (κ2) is 6.71. The zero-order chi connectivity index (χ0) is 13.8. The lowest BCUT2D eigenvalue weighted by molar-refractivity contribution is 0.0918. The minimum Gasteiger partial charge on any atom is -0.349 e. The van der Waals surface area contributed by atoms with Crippen LogP contribution < -0.4 is 5.32 Å². The van der Waals surface area contributed by atoms with Gasteiger partial charge in [-0.05, 0) is 37.3 Å². The first-order valence-electron chi connectivity index (χ1n) is 6.42. The fraction of sp³-hybridized carbons (Fsp3) is 0.500. The molecule has 0 aromatic heterocycles. The normalized spacial score (nSPS) is 23.1. The van der Waals surface area contributed by atoms with E-state index in [4.69, 9.17) is 11.6 Å². The van der Waals surface area contributed by atoms with Crippen molar-refractivity contribution >= 4 is 33.4 Å². The number of halogens is 3. The maximum Gasteiger partial charge on any atom is 0.255 e. The van der Waals surface area contributed by atoms with Gasteiger partial charge in [0.05, 0.1) is 10.6 Å². The van der Waals surface area contributed by atoms with E-state index in [-0.39, 0.29) is 16.6 Å². The van der Waals surface area contributed by atoms with Gasteiger partial charge in [0.2, 0.25) is 0 Å². The van der Waals surface area contributed by atoms with Crippen LogP contribution in [0.15, 0.2) is 18.2 Å². The van der Waals surface area contributed by atoms with Crippen molar-refractivity contribution in [2.24, 2.45) is 5.92 Å². The Labute approximate surface area is 125 Å². The van der Waals surface area contributed by atoms with E-state index in [2.05, 4.69) is 21.2 Å². The van der Waals surface area contributed by atoms with E-state index in [1.54, 1.807) is 0 Å². The number of alkyl halides is 1. The van der Waals surface area contributed by atoms with Crippen molar-refractivity contribution in [3.63, 3.8) is 0 Å². The van der Waals surface area contributed by atoms with Crippen molar-refractivity contribution in [3.05, 3.63) is 34.6 Å². The molecule has 2 rings (SSSR count). The molecule has 1 N–H and O–H groups in total. The molecule has 1 aromatic rings. The van der Waals surface area contributed by atoms with Crippen LogP contribution in [-0.4, -0.2) is 17.3 Å². The first-order valence-corrected chi connectivity index (χ1v) is 7.92. The van der Waals surface area contributed by atoms with Crippen molar-refractivity contribution in [3.8, 4) is 0 Å². The quantitative estimate of drug-likeness (QED) is 0.816. The summed E-state index contributed by atoms with van der Waals surface area (Å²) in [6.45, 7) is 0. The Balaban J connectivity index is 2.05. The monoisotopic (exact) mass is 347 g/mol. The highest BCUT2D eigenvalue weighted by atomic mass is 79.9. The summed E-state index contributed by atoms with van der Waals surface area (Å²) in [5, 5.41) is 4.00. The maximum absolute atomic E-state index is 13.6. The SMILES string of the molecule is O=C(NC1CCCC(CBr)C1)c1c(F)cccc1Cl. The van der Waals surface area contributed by atoms with Crippen LogP contribution in [0.25, 0.3) is 0 Å². The minimum absolute atomic E-state index is 0.0508. The third-order valence-electron chi connectivity index (χ3n) is 3.53. The number of amides is 1. The molecule has 0 aliphatic heterocycles. The Kier molecular flexibility index (Phi) is 5.22. The van der Waals surface area contributed by atoms with Crippen LogP contribution in [0.4, 0.5) is 4.39 Å². The number of hydrogen-bond donors (Lipinski definition) is 1. The molecule has 1 aliphatic carbocycles. The Bertz CT molecular complexity index is 449. The van der Waals surface area contributed by atoms with E-state index in [0.717, 1.165) is 24.6 Å². The highest BCUT2D eigenvalue weighted by molar-refractivity contribution is 9.09. The van der Waals surface area contributed by atoms with Crippen molar-refractivity contribution in [2.45, 2.75) is 31.7 Å². The molecule has 1 fully saturated rings. The largest absolute Gasteiger partial charge is 0.349 e. The van der Waals surface area contributed by atoms with E-state index in [0.29, 0.717) is 5.92 Å². The molecular weight excluding hydrogens is 333 g/mol. The van der Waals surface area contributed by atoms with Crippen LogP contribution in [-0.2, 0) is 0 Å². The molecule has 1 aliphatic rings. The van der Waals surface area contributed by atoms with Crippen LogP contribution in [0.2, 0.25) is 5.02 Å². The molecule has 5 heteroatoms. The number of hydrogen-bond acceptors (Lipinski definition) is 1. The van der Waals surface area contributed by atoms with Gasteiger partial charge in [-0.2, -0.15) is 0 Å². The van der Waals surface area contributed by atoms with Crippen LogP contribution in [0.1, 0.15) is 36.0 Å². The summed E-state index contributed by atoms with van der Waals surface area (Å²) in [6.07, 6.45) is 4.15. The summed E-state index contributed by atoms with van der Waals surface area (Å²) < 4.78 is 13.6. The van der Waals surface area contributed by atoms with Gasteiger partial charge >= 0.3 is 0 Å². The van der Waals surface area contributed by atoms with E-state index >= 15 is 0 Å². The number of nitrogens with one attached hydrogen (secondary N) is 1. The van der Waals surface area contributed by atoms with Crippen LogP contribution >= 0.6 is 27.5 Å². The first kappa shape index (κ1) is 14.8. The summed E-state index contributed by atoms with van der Waals surface area (Å²) in [5.74, 6) is -0.406. The van der Waals surface area contributed by atoms with Gasteiger partial charge in [0.1, 0.15) is 5.82 Å². The molecule has 0 radical (unpaired) electrons. The van der Waals surface area contributed by atoms with Gasteiger partial charge in [0.15, 0.2) is 0 Å². The van der Waals surface area contributed by atoms with Gasteiger partial charge in [-0.15, -0.1) is 0 Å². The number of carbonyl (C=O) groups is 1. The molecule has 2 atom stereocenters. The Morgan fingerprint density at radius 2 is 2.26 bits per heavy atom. The molecule has 1 aromatic carbocycles. The minimum atomic E-state index is -0.571. The highest BCUT2D eigenvalue weighted by Crippen LogP contribution is 2.26. The fourth-order valence-electron chi connectivity index (χ4n) is 2.53. The molecule has 104 valence electrons. The van der Waals surface area contributed by atoms with Crippen LogP contribution in [0, 0.1) is 11.7 Å². The third-order valence-corrected chi connectivity index (χ3v) is 4.76. The Morgan fingerprint density at radius 1 is 1.47 bits per heavy atom. The third kappa shape index (κ3) is 3.69. The van der Waals surface area contributed by atoms with E-state index in [1.807, 2.05) is 0 Å². The van der Waals surface area contributed by atoms with Gasteiger partial charge in [-0.1, -0.05) is 40.0 Å². The molecular formula is C14H16BrClFNO. The molecule has 2 unspecified atom stereocenters. The van der Waals surface area contributed by atoms with Crippen LogP contribution in [0.3, 0.4) is 0 Å². The van der Waals surface area contributed by atoms with Gasteiger partial charge < -0.3 is 5.32 Å². The zero-order valence-corrected chi connectivity index (χ0v) is 12.8. The number of benzene rings is 1. The molecule has 1 amide bonds. The van der Waals surface area contributed by atoms with Crippen molar-refractivity contribution < 1.29 is 9.18 Å². The van der Waals surface area contributed by atoms with Crippen molar-refractivity contribution in [1.29, 1.82) is 0 Å². The lowest BCUT2D eigenvalue weighted by atomic mass is 9.87. The molecule has 0 saturated heterocycles. The second-order valence-corrected chi connectivity index (χ2v) is 6.01. The van der Waals surface area contributed by atoms with Gasteiger partial charge in [0, 0.05) is 11.4 Å². The topological polar surface area (TPSA) is 29.1 Å². The summed E-state index contributed by atoms with van der Waals surface area (Å²) in [7, 11) is 0. The van der Waals surface area contributed by atoms with Gasteiger partial charge in [-0.25, -0.2) is 4.39 Å². The smallest absolute Gasteiger partial charge is 0.255 e.